The van der Waals surface area contributed by atoms with E-state index in [9.17, 15) is 4.79 Å². The van der Waals surface area contributed by atoms with Gasteiger partial charge in [0.2, 0.25) is 0 Å². The maximum absolute atomic E-state index is 12.9. The van der Waals surface area contributed by atoms with Crippen molar-refractivity contribution in [1.82, 2.24) is 10.2 Å². The maximum Gasteiger partial charge on any atom is 0.416 e. The molecule has 2 aromatic carbocycles. The molecule has 0 saturated heterocycles. The number of benzene rings is 2. The Morgan fingerprint density at radius 3 is 2.53 bits per heavy atom. The van der Waals surface area contributed by atoms with E-state index in [-0.39, 0.29) is 17.8 Å². The van der Waals surface area contributed by atoms with Gasteiger partial charge < -0.3 is 20.1 Å². The molecule has 0 fully saturated rings. The van der Waals surface area contributed by atoms with Crippen LogP contribution in [0.1, 0.15) is 38.8 Å². The van der Waals surface area contributed by atoms with Gasteiger partial charge in [-0.05, 0) is 75.3 Å². The van der Waals surface area contributed by atoms with Crippen molar-refractivity contribution in [3.8, 4) is 5.75 Å². The molecule has 2 N–H and O–H groups in total. The number of nitrogens with zero attached hydrogens (tertiary/aromatic N) is 1. The number of anilines is 1. The Morgan fingerprint density at radius 1 is 1.22 bits per heavy atom. The average molecular weight is 492 g/mol. The van der Waals surface area contributed by atoms with Crippen molar-refractivity contribution in [3.63, 3.8) is 0 Å². The Bertz CT molecular complexity index is 1020. The summed E-state index contributed by atoms with van der Waals surface area (Å²) in [6, 6.07) is 13.0. The molecule has 6 nitrogen and oxygen atoms in total. The fraction of sp³-hybridized carbons (Fsp3) is 0.348. The summed E-state index contributed by atoms with van der Waals surface area (Å²) >= 11 is 16.8. The van der Waals surface area contributed by atoms with Crippen LogP contribution in [0.25, 0.3) is 0 Å². The summed E-state index contributed by atoms with van der Waals surface area (Å²) in [5, 5.41) is 7.24. The topological polar surface area (TPSA) is 62.8 Å². The summed E-state index contributed by atoms with van der Waals surface area (Å²) in [5.41, 5.74) is 1.93. The van der Waals surface area contributed by atoms with E-state index in [0.717, 1.165) is 16.8 Å². The number of fused-ring (bicyclic) bond motifs is 1. The van der Waals surface area contributed by atoms with Crippen molar-refractivity contribution < 1.29 is 14.3 Å². The Morgan fingerprint density at radius 2 is 1.88 bits per heavy atom. The molecule has 170 valence electrons. The van der Waals surface area contributed by atoms with Crippen LogP contribution in [-0.2, 0) is 17.8 Å². The summed E-state index contributed by atoms with van der Waals surface area (Å²) in [6.07, 6.45) is -0.719. The molecule has 0 aliphatic carbocycles. The number of carbonyl (C=O) groups is 1. The zero-order valence-electron chi connectivity index (χ0n) is 18.4. The lowest BCUT2D eigenvalue weighted by atomic mass is 10.1. The second-order valence-electron chi connectivity index (χ2n) is 8.43. The SMILES string of the molecule is CC1Oc2ccc(CN(C(=O)OC(C)(C)C)C(=S)NCc3ccc(Cl)cc3)cc2NC1=S. The molecule has 0 aromatic heterocycles. The smallest absolute Gasteiger partial charge is 0.416 e. The molecule has 3 rings (SSSR count). The molecule has 0 saturated carbocycles. The van der Waals surface area contributed by atoms with E-state index in [2.05, 4.69) is 10.6 Å². The molecule has 1 unspecified atom stereocenters. The van der Waals surface area contributed by atoms with Crippen LogP contribution < -0.4 is 15.4 Å². The molecule has 1 aliphatic heterocycles. The number of ether oxygens (including phenoxy) is 2. The Labute approximate surface area is 204 Å². The minimum atomic E-state index is -0.658. The third-order valence-corrected chi connectivity index (χ3v) is 5.58. The molecular formula is C23H26ClN3O3S2. The van der Waals surface area contributed by atoms with Crippen LogP contribution in [0.15, 0.2) is 42.5 Å². The van der Waals surface area contributed by atoms with Gasteiger partial charge in [0.25, 0.3) is 0 Å². The van der Waals surface area contributed by atoms with Crippen LogP contribution in [-0.4, -0.2) is 32.8 Å². The fourth-order valence-electron chi connectivity index (χ4n) is 2.95. The van der Waals surface area contributed by atoms with Crippen LogP contribution >= 0.6 is 36.0 Å². The molecule has 0 spiro atoms. The van der Waals surface area contributed by atoms with E-state index < -0.39 is 11.7 Å². The van der Waals surface area contributed by atoms with E-state index in [4.69, 9.17) is 45.5 Å². The largest absolute Gasteiger partial charge is 0.481 e. The molecule has 1 atom stereocenters. The van der Waals surface area contributed by atoms with Gasteiger partial charge >= 0.3 is 6.09 Å². The van der Waals surface area contributed by atoms with Crippen LogP contribution in [0.5, 0.6) is 5.75 Å². The molecule has 1 heterocycles. The number of carbonyl (C=O) groups excluding carboxylic acids is 1. The monoisotopic (exact) mass is 491 g/mol. The first-order valence-corrected chi connectivity index (χ1v) is 11.3. The molecular weight excluding hydrogens is 466 g/mol. The summed E-state index contributed by atoms with van der Waals surface area (Å²) in [4.78, 5) is 15.0. The van der Waals surface area contributed by atoms with Crippen molar-refractivity contribution >= 4 is 57.9 Å². The van der Waals surface area contributed by atoms with Gasteiger partial charge in [0, 0.05) is 11.6 Å². The summed E-state index contributed by atoms with van der Waals surface area (Å²) in [7, 11) is 0. The van der Waals surface area contributed by atoms with Crippen molar-refractivity contribution in [3.05, 3.63) is 58.6 Å². The van der Waals surface area contributed by atoms with Gasteiger partial charge in [-0.1, -0.05) is 42.0 Å². The molecule has 1 amide bonds. The minimum absolute atomic E-state index is 0.189. The van der Waals surface area contributed by atoms with Gasteiger partial charge in [0.1, 0.15) is 22.4 Å². The summed E-state index contributed by atoms with van der Waals surface area (Å²) in [5.74, 6) is 0.710. The first kappa shape index (κ1) is 24.2. The molecule has 0 bridgehead atoms. The number of rotatable bonds is 4. The minimum Gasteiger partial charge on any atom is -0.481 e. The third kappa shape index (κ3) is 6.54. The lowest BCUT2D eigenvalue weighted by molar-refractivity contribution is 0.0357. The second-order valence-corrected chi connectivity index (χ2v) is 9.69. The van der Waals surface area contributed by atoms with Crippen LogP contribution in [0.2, 0.25) is 5.02 Å². The number of nitrogens with one attached hydrogen (secondary N) is 2. The zero-order chi connectivity index (χ0) is 23.5. The predicted octanol–water partition coefficient (Wildman–Crippen LogP) is 5.67. The van der Waals surface area contributed by atoms with Gasteiger partial charge in [0.05, 0.1) is 12.2 Å². The zero-order valence-corrected chi connectivity index (χ0v) is 20.8. The van der Waals surface area contributed by atoms with Gasteiger partial charge in [-0.15, -0.1) is 0 Å². The molecule has 1 aliphatic rings. The van der Waals surface area contributed by atoms with E-state index in [0.29, 0.717) is 22.3 Å². The quantitative estimate of drug-likeness (QED) is 0.534. The number of amides is 1. The van der Waals surface area contributed by atoms with Crippen molar-refractivity contribution in [1.29, 1.82) is 0 Å². The number of hydrogen-bond donors (Lipinski definition) is 2. The second kappa shape index (κ2) is 10.0. The normalized spacial score (nSPS) is 15.2. The van der Waals surface area contributed by atoms with Crippen molar-refractivity contribution in [2.24, 2.45) is 0 Å². The summed E-state index contributed by atoms with van der Waals surface area (Å²) < 4.78 is 11.4. The van der Waals surface area contributed by atoms with E-state index in [1.54, 1.807) is 12.1 Å². The first-order valence-electron chi connectivity index (χ1n) is 10.1. The number of thiocarbonyl (C=S) groups is 2. The van der Waals surface area contributed by atoms with E-state index in [1.807, 2.05) is 58.0 Å². The van der Waals surface area contributed by atoms with Crippen LogP contribution in [0.4, 0.5) is 10.5 Å². The Kier molecular flexibility index (Phi) is 7.59. The van der Waals surface area contributed by atoms with Gasteiger partial charge in [0.15, 0.2) is 5.11 Å². The van der Waals surface area contributed by atoms with Crippen LogP contribution in [0, 0.1) is 0 Å². The molecule has 2 aromatic rings. The summed E-state index contributed by atoms with van der Waals surface area (Å²) in [6.45, 7) is 8.00. The third-order valence-electron chi connectivity index (χ3n) is 4.53. The van der Waals surface area contributed by atoms with E-state index in [1.165, 1.54) is 4.90 Å². The average Bonchev–Trinajstić information content (AvgIpc) is 2.71. The standard InChI is InChI=1S/C23H26ClN3O3S2/c1-14-20(31)26-18-11-16(7-10-19(18)29-14)13-27(22(28)30-23(2,3)4)21(32)25-12-15-5-8-17(24)9-6-15/h5-11,14H,12-13H2,1-4H3,(H,25,32)(H,26,31). The highest BCUT2D eigenvalue weighted by Gasteiger charge is 2.26. The molecule has 0 radical (unpaired) electrons. The highest BCUT2D eigenvalue weighted by Crippen LogP contribution is 2.31. The lowest BCUT2D eigenvalue weighted by Gasteiger charge is -2.29. The van der Waals surface area contributed by atoms with Crippen molar-refractivity contribution in [2.45, 2.75) is 52.5 Å². The fourth-order valence-corrected chi connectivity index (χ4v) is 3.44. The van der Waals surface area contributed by atoms with E-state index >= 15 is 0 Å². The highest BCUT2D eigenvalue weighted by molar-refractivity contribution is 7.80. The first-order chi connectivity index (χ1) is 15.0. The predicted molar refractivity (Wildman–Crippen MR) is 135 cm³/mol. The van der Waals surface area contributed by atoms with Gasteiger partial charge in [-0.3, -0.25) is 0 Å². The Balaban J connectivity index is 1.77. The van der Waals surface area contributed by atoms with Gasteiger partial charge in [-0.25, -0.2) is 9.69 Å². The number of halogens is 1. The highest BCUT2D eigenvalue weighted by atomic mass is 35.5. The molecule has 9 heteroatoms. The maximum atomic E-state index is 12.9. The molecule has 32 heavy (non-hydrogen) atoms. The lowest BCUT2D eigenvalue weighted by Crippen LogP contribution is -2.45. The van der Waals surface area contributed by atoms with Gasteiger partial charge in [-0.2, -0.15) is 0 Å². The van der Waals surface area contributed by atoms with Crippen LogP contribution in [0.3, 0.4) is 0 Å². The van der Waals surface area contributed by atoms with Crippen molar-refractivity contribution in [2.75, 3.05) is 5.32 Å². The number of hydrogen-bond acceptors (Lipinski definition) is 5. The Hall–Kier alpha value is -2.42.